The van der Waals surface area contributed by atoms with E-state index in [4.69, 9.17) is 5.11 Å². The third kappa shape index (κ3) is 4.83. The van der Waals surface area contributed by atoms with Crippen LogP contribution >= 0.6 is 0 Å². The van der Waals surface area contributed by atoms with E-state index < -0.39 is 12.0 Å². The Labute approximate surface area is 117 Å². The lowest BCUT2D eigenvalue weighted by atomic mass is 10.0. The number of aromatic nitrogens is 2. The molecule has 0 aromatic carbocycles. The maximum absolute atomic E-state index is 11.5. The van der Waals surface area contributed by atoms with Crippen molar-refractivity contribution in [1.29, 1.82) is 0 Å². The largest absolute Gasteiger partial charge is 0.480 e. The third-order valence-electron chi connectivity index (χ3n) is 2.56. The predicted octanol–water partition coefficient (Wildman–Crippen LogP) is 1.14. The van der Waals surface area contributed by atoms with Crippen LogP contribution in [0.3, 0.4) is 0 Å². The Bertz CT molecular complexity index is 459. The zero-order chi connectivity index (χ0) is 15.1. The van der Waals surface area contributed by atoms with Crippen molar-refractivity contribution in [2.24, 2.45) is 5.92 Å². The van der Waals surface area contributed by atoms with E-state index in [0.29, 0.717) is 18.8 Å². The molecule has 0 aliphatic rings. The number of rotatable bonds is 7. The molecule has 0 spiro atoms. The van der Waals surface area contributed by atoms with Crippen LogP contribution in [0.25, 0.3) is 0 Å². The van der Waals surface area contributed by atoms with Crippen LogP contribution < -0.4 is 10.6 Å². The van der Waals surface area contributed by atoms with E-state index in [0.717, 1.165) is 0 Å². The standard InChI is InChI=1S/C13H20N4O3/c1-4-14-12(18)9-5-6-11(17-16-9)15-10(13(19)20)7-8(2)3/h5-6,8,10H,4,7H2,1-3H3,(H,14,18)(H,15,17)(H,19,20). The summed E-state index contributed by atoms with van der Waals surface area (Å²) in [6.45, 7) is 6.21. The van der Waals surface area contributed by atoms with Gasteiger partial charge in [-0.15, -0.1) is 10.2 Å². The van der Waals surface area contributed by atoms with Crippen LogP contribution in [0.15, 0.2) is 12.1 Å². The van der Waals surface area contributed by atoms with E-state index in [1.54, 1.807) is 6.07 Å². The highest BCUT2D eigenvalue weighted by atomic mass is 16.4. The number of carbonyl (C=O) groups excluding carboxylic acids is 1. The summed E-state index contributed by atoms with van der Waals surface area (Å²) in [5.41, 5.74) is 0.202. The first kappa shape index (κ1) is 15.9. The molecule has 1 aromatic heterocycles. The van der Waals surface area contributed by atoms with Crippen molar-refractivity contribution in [3.05, 3.63) is 17.8 Å². The summed E-state index contributed by atoms with van der Waals surface area (Å²) in [6, 6.07) is 2.34. The molecule has 3 N–H and O–H groups in total. The summed E-state index contributed by atoms with van der Waals surface area (Å²) in [5.74, 6) is -0.658. The zero-order valence-corrected chi connectivity index (χ0v) is 11.9. The van der Waals surface area contributed by atoms with E-state index >= 15 is 0 Å². The molecule has 7 nitrogen and oxygen atoms in total. The van der Waals surface area contributed by atoms with E-state index in [9.17, 15) is 9.59 Å². The fourth-order valence-electron chi connectivity index (χ4n) is 1.65. The fourth-order valence-corrected chi connectivity index (χ4v) is 1.65. The highest BCUT2D eigenvalue weighted by Crippen LogP contribution is 2.11. The third-order valence-corrected chi connectivity index (χ3v) is 2.56. The minimum absolute atomic E-state index is 0.202. The van der Waals surface area contributed by atoms with E-state index in [2.05, 4.69) is 20.8 Å². The van der Waals surface area contributed by atoms with E-state index in [1.165, 1.54) is 6.07 Å². The first-order valence-electron chi connectivity index (χ1n) is 6.55. The SMILES string of the molecule is CCNC(=O)c1ccc(NC(CC(C)C)C(=O)O)nn1. The molecule has 0 saturated carbocycles. The molecule has 1 unspecified atom stereocenters. The molecule has 110 valence electrons. The zero-order valence-electron chi connectivity index (χ0n) is 11.9. The van der Waals surface area contributed by atoms with Crippen molar-refractivity contribution >= 4 is 17.7 Å². The molecule has 0 bridgehead atoms. The van der Waals surface area contributed by atoms with E-state index in [-0.39, 0.29) is 17.5 Å². The lowest BCUT2D eigenvalue weighted by Gasteiger charge is -2.16. The summed E-state index contributed by atoms with van der Waals surface area (Å²) < 4.78 is 0. The lowest BCUT2D eigenvalue weighted by molar-refractivity contribution is -0.138. The number of nitrogens with zero attached hydrogens (tertiary/aromatic N) is 2. The first-order chi connectivity index (χ1) is 9.43. The lowest BCUT2D eigenvalue weighted by Crippen LogP contribution is -2.31. The van der Waals surface area contributed by atoms with Crippen LogP contribution in [0.5, 0.6) is 0 Å². The Balaban J connectivity index is 2.72. The molecule has 1 amide bonds. The van der Waals surface area contributed by atoms with Gasteiger partial charge in [0.2, 0.25) is 0 Å². The van der Waals surface area contributed by atoms with Crippen LogP contribution in [-0.4, -0.2) is 39.8 Å². The van der Waals surface area contributed by atoms with Gasteiger partial charge in [0, 0.05) is 6.54 Å². The molecular weight excluding hydrogens is 260 g/mol. The Morgan fingerprint density at radius 2 is 2.00 bits per heavy atom. The van der Waals surface area contributed by atoms with Gasteiger partial charge in [0.1, 0.15) is 11.9 Å². The first-order valence-corrected chi connectivity index (χ1v) is 6.55. The Hall–Kier alpha value is -2.18. The fraction of sp³-hybridized carbons (Fsp3) is 0.538. The van der Waals surface area contributed by atoms with Gasteiger partial charge in [-0.1, -0.05) is 13.8 Å². The molecular formula is C13H20N4O3. The van der Waals surface area contributed by atoms with Gasteiger partial charge in [-0.3, -0.25) is 4.79 Å². The minimum atomic E-state index is -0.937. The highest BCUT2D eigenvalue weighted by molar-refractivity contribution is 5.92. The number of hydrogen-bond donors (Lipinski definition) is 3. The van der Waals surface area contributed by atoms with Crippen molar-refractivity contribution < 1.29 is 14.7 Å². The molecule has 7 heteroatoms. The summed E-state index contributed by atoms with van der Waals surface area (Å²) in [6.07, 6.45) is 0.481. The molecule has 1 rings (SSSR count). The average Bonchev–Trinajstić information content (AvgIpc) is 2.38. The topological polar surface area (TPSA) is 104 Å². The Morgan fingerprint density at radius 1 is 1.30 bits per heavy atom. The van der Waals surface area contributed by atoms with Crippen molar-refractivity contribution in [2.75, 3.05) is 11.9 Å². The Morgan fingerprint density at radius 3 is 2.45 bits per heavy atom. The summed E-state index contributed by atoms with van der Waals surface area (Å²) in [7, 11) is 0. The van der Waals surface area contributed by atoms with Crippen LogP contribution in [0.1, 0.15) is 37.7 Å². The smallest absolute Gasteiger partial charge is 0.326 e. The second kappa shape index (κ2) is 7.42. The second-order valence-corrected chi connectivity index (χ2v) is 4.83. The van der Waals surface area contributed by atoms with Gasteiger partial charge in [-0.2, -0.15) is 0 Å². The van der Waals surface area contributed by atoms with Gasteiger partial charge in [-0.25, -0.2) is 4.79 Å². The maximum atomic E-state index is 11.5. The van der Waals surface area contributed by atoms with Crippen LogP contribution in [0, 0.1) is 5.92 Å². The summed E-state index contributed by atoms with van der Waals surface area (Å²) >= 11 is 0. The van der Waals surface area contributed by atoms with Crippen LogP contribution in [-0.2, 0) is 4.79 Å². The highest BCUT2D eigenvalue weighted by Gasteiger charge is 2.19. The maximum Gasteiger partial charge on any atom is 0.326 e. The van der Waals surface area contributed by atoms with Crippen molar-refractivity contribution in [2.45, 2.75) is 33.2 Å². The predicted molar refractivity (Wildman–Crippen MR) is 74.5 cm³/mol. The van der Waals surface area contributed by atoms with Gasteiger partial charge in [0.15, 0.2) is 5.69 Å². The molecule has 0 aliphatic heterocycles. The molecule has 0 saturated heterocycles. The number of anilines is 1. The van der Waals surface area contributed by atoms with Gasteiger partial charge < -0.3 is 15.7 Å². The van der Waals surface area contributed by atoms with Gasteiger partial charge in [-0.05, 0) is 31.4 Å². The molecule has 0 radical (unpaired) electrons. The quantitative estimate of drug-likeness (QED) is 0.692. The van der Waals surface area contributed by atoms with Crippen LogP contribution in [0.2, 0.25) is 0 Å². The molecule has 1 atom stereocenters. The van der Waals surface area contributed by atoms with Crippen LogP contribution in [0.4, 0.5) is 5.82 Å². The number of carboxylic acids is 1. The molecule has 1 aromatic rings. The normalized spacial score (nSPS) is 12.0. The van der Waals surface area contributed by atoms with Crippen molar-refractivity contribution in [1.82, 2.24) is 15.5 Å². The average molecular weight is 280 g/mol. The molecule has 1 heterocycles. The number of carbonyl (C=O) groups is 2. The molecule has 0 fully saturated rings. The number of aliphatic carboxylic acids is 1. The molecule has 0 aliphatic carbocycles. The van der Waals surface area contributed by atoms with Gasteiger partial charge in [0.05, 0.1) is 0 Å². The van der Waals surface area contributed by atoms with Crippen molar-refractivity contribution in [3.8, 4) is 0 Å². The Kier molecular flexibility index (Phi) is 5.89. The van der Waals surface area contributed by atoms with E-state index in [1.807, 2.05) is 20.8 Å². The second-order valence-electron chi connectivity index (χ2n) is 4.83. The van der Waals surface area contributed by atoms with Gasteiger partial charge in [0.25, 0.3) is 5.91 Å². The summed E-state index contributed by atoms with van der Waals surface area (Å²) in [5, 5.41) is 22.1. The minimum Gasteiger partial charge on any atom is -0.480 e. The van der Waals surface area contributed by atoms with Crippen molar-refractivity contribution in [3.63, 3.8) is 0 Å². The number of hydrogen-bond acceptors (Lipinski definition) is 5. The summed E-state index contributed by atoms with van der Waals surface area (Å²) in [4.78, 5) is 22.6. The number of nitrogens with one attached hydrogen (secondary N) is 2. The molecule has 20 heavy (non-hydrogen) atoms. The number of amides is 1. The monoisotopic (exact) mass is 280 g/mol. The number of carboxylic acid groups (broad SMARTS) is 1. The van der Waals surface area contributed by atoms with Gasteiger partial charge >= 0.3 is 5.97 Å².